The van der Waals surface area contributed by atoms with Gasteiger partial charge in [-0.25, -0.2) is 0 Å². The Labute approximate surface area is 122 Å². The fraction of sp³-hybridized carbons (Fsp3) is 0.667. The van der Waals surface area contributed by atoms with Crippen molar-refractivity contribution < 1.29 is 0 Å². The molecule has 0 aliphatic carbocycles. The van der Waals surface area contributed by atoms with Gasteiger partial charge in [0.1, 0.15) is 0 Å². The first-order valence-electron chi connectivity index (χ1n) is 8.28. The third-order valence-electron chi connectivity index (χ3n) is 6.27. The van der Waals surface area contributed by atoms with Gasteiger partial charge in [0.05, 0.1) is 0 Å². The fourth-order valence-electron chi connectivity index (χ4n) is 5.06. The number of benzene rings is 1. The molecule has 4 rings (SSSR count). The standard InChI is InChI=1S/C18H26N2/c1-14-2-4-15(5-3-14)17-12-19-9-7-18(17)8-11-20-10-6-16(18)13-20/h2-5,16-17,19H,6-13H2,1H3. The molecule has 1 aromatic carbocycles. The molecule has 3 saturated heterocycles. The summed E-state index contributed by atoms with van der Waals surface area (Å²) in [4.78, 5) is 2.68. The summed E-state index contributed by atoms with van der Waals surface area (Å²) in [5.74, 6) is 1.66. The van der Waals surface area contributed by atoms with Crippen LogP contribution in [-0.4, -0.2) is 37.6 Å². The maximum Gasteiger partial charge on any atom is 0.00256 e. The molecule has 1 aromatic rings. The van der Waals surface area contributed by atoms with Crippen LogP contribution >= 0.6 is 0 Å². The van der Waals surface area contributed by atoms with E-state index >= 15 is 0 Å². The largest absolute Gasteiger partial charge is 0.316 e. The minimum atomic E-state index is 0.577. The van der Waals surface area contributed by atoms with Crippen molar-refractivity contribution in [3.05, 3.63) is 35.4 Å². The number of hydrogen-bond donors (Lipinski definition) is 1. The number of hydrogen-bond acceptors (Lipinski definition) is 2. The van der Waals surface area contributed by atoms with Crippen LogP contribution in [0.4, 0.5) is 0 Å². The zero-order valence-corrected chi connectivity index (χ0v) is 12.6. The van der Waals surface area contributed by atoms with E-state index in [2.05, 4.69) is 41.4 Å². The maximum atomic E-state index is 3.66. The molecule has 1 N–H and O–H groups in total. The highest BCUT2D eigenvalue weighted by Gasteiger charge is 2.51. The van der Waals surface area contributed by atoms with Crippen LogP contribution < -0.4 is 5.32 Å². The Bertz CT molecular complexity index is 481. The lowest BCUT2D eigenvalue weighted by molar-refractivity contribution is 0.0329. The van der Waals surface area contributed by atoms with Crippen molar-refractivity contribution in [3.8, 4) is 0 Å². The van der Waals surface area contributed by atoms with Gasteiger partial charge < -0.3 is 10.2 Å². The van der Waals surface area contributed by atoms with Crippen LogP contribution in [0.15, 0.2) is 24.3 Å². The topological polar surface area (TPSA) is 15.3 Å². The second-order valence-corrected chi connectivity index (χ2v) is 7.19. The molecule has 3 fully saturated rings. The highest BCUT2D eigenvalue weighted by Crippen LogP contribution is 2.54. The van der Waals surface area contributed by atoms with E-state index in [1.165, 1.54) is 57.5 Å². The summed E-state index contributed by atoms with van der Waals surface area (Å²) < 4.78 is 0. The first-order valence-corrected chi connectivity index (χ1v) is 8.28. The zero-order chi connectivity index (χ0) is 13.6. The van der Waals surface area contributed by atoms with Crippen molar-refractivity contribution in [1.29, 1.82) is 0 Å². The van der Waals surface area contributed by atoms with Crippen molar-refractivity contribution in [1.82, 2.24) is 10.2 Å². The first kappa shape index (κ1) is 12.8. The molecule has 2 nitrogen and oxygen atoms in total. The Hall–Kier alpha value is -0.860. The quantitative estimate of drug-likeness (QED) is 0.844. The van der Waals surface area contributed by atoms with Crippen LogP contribution in [0.2, 0.25) is 0 Å². The molecule has 0 aromatic heterocycles. The molecule has 4 unspecified atom stereocenters. The molecule has 3 heterocycles. The molecule has 2 heteroatoms. The molecule has 0 amide bonds. The second-order valence-electron chi connectivity index (χ2n) is 7.19. The average Bonchev–Trinajstić information content (AvgIpc) is 2.90. The van der Waals surface area contributed by atoms with E-state index in [9.17, 15) is 0 Å². The van der Waals surface area contributed by atoms with Crippen LogP contribution in [0.1, 0.15) is 36.3 Å². The molecule has 20 heavy (non-hydrogen) atoms. The minimum Gasteiger partial charge on any atom is -0.316 e. The monoisotopic (exact) mass is 270 g/mol. The normalized spacial score (nSPS) is 40.1. The number of fused-ring (bicyclic) bond motifs is 3. The predicted molar refractivity (Wildman–Crippen MR) is 83.0 cm³/mol. The minimum absolute atomic E-state index is 0.577. The van der Waals surface area contributed by atoms with Gasteiger partial charge in [0.2, 0.25) is 0 Å². The van der Waals surface area contributed by atoms with E-state index < -0.39 is 0 Å². The molecule has 2 bridgehead atoms. The Balaban J connectivity index is 1.70. The molecule has 0 radical (unpaired) electrons. The van der Waals surface area contributed by atoms with E-state index in [1.807, 2.05) is 0 Å². The second kappa shape index (κ2) is 4.85. The van der Waals surface area contributed by atoms with Crippen molar-refractivity contribution in [3.63, 3.8) is 0 Å². The van der Waals surface area contributed by atoms with Crippen LogP contribution in [0.5, 0.6) is 0 Å². The third-order valence-corrected chi connectivity index (χ3v) is 6.27. The molecule has 108 valence electrons. The Morgan fingerprint density at radius 3 is 2.85 bits per heavy atom. The predicted octanol–water partition coefficient (Wildman–Crippen LogP) is 2.78. The van der Waals surface area contributed by atoms with E-state index in [1.54, 1.807) is 5.56 Å². The van der Waals surface area contributed by atoms with Gasteiger partial charge in [-0.3, -0.25) is 0 Å². The summed E-state index contributed by atoms with van der Waals surface area (Å²) in [6, 6.07) is 9.36. The van der Waals surface area contributed by atoms with Crippen LogP contribution in [0.25, 0.3) is 0 Å². The Morgan fingerprint density at radius 2 is 2.00 bits per heavy atom. The summed E-state index contributed by atoms with van der Waals surface area (Å²) in [5.41, 5.74) is 3.53. The molecule has 0 saturated carbocycles. The smallest absolute Gasteiger partial charge is 0.00256 e. The van der Waals surface area contributed by atoms with Gasteiger partial charge in [-0.15, -0.1) is 0 Å². The van der Waals surface area contributed by atoms with Gasteiger partial charge in [-0.2, -0.15) is 0 Å². The molecule has 1 spiro atoms. The lowest BCUT2D eigenvalue weighted by atomic mass is 9.58. The van der Waals surface area contributed by atoms with Gasteiger partial charge in [0.15, 0.2) is 0 Å². The van der Waals surface area contributed by atoms with Crippen LogP contribution in [0, 0.1) is 18.3 Å². The number of rotatable bonds is 1. The summed E-state index contributed by atoms with van der Waals surface area (Å²) in [6.07, 6.45) is 4.23. The number of nitrogens with zero attached hydrogens (tertiary/aromatic N) is 1. The van der Waals surface area contributed by atoms with E-state index in [0.717, 1.165) is 11.8 Å². The van der Waals surface area contributed by atoms with Crippen molar-refractivity contribution >= 4 is 0 Å². The van der Waals surface area contributed by atoms with Gasteiger partial charge in [0, 0.05) is 19.0 Å². The summed E-state index contributed by atoms with van der Waals surface area (Å²) in [5, 5.41) is 3.66. The Morgan fingerprint density at radius 1 is 1.15 bits per heavy atom. The van der Waals surface area contributed by atoms with Crippen LogP contribution in [-0.2, 0) is 0 Å². The van der Waals surface area contributed by atoms with Gasteiger partial charge in [-0.1, -0.05) is 29.8 Å². The van der Waals surface area contributed by atoms with Gasteiger partial charge in [-0.05, 0) is 62.7 Å². The SMILES string of the molecule is Cc1ccc(C2CNCCC23CCN2CCC3C2)cc1. The van der Waals surface area contributed by atoms with E-state index in [-0.39, 0.29) is 0 Å². The van der Waals surface area contributed by atoms with Crippen molar-refractivity contribution in [2.45, 2.75) is 32.1 Å². The van der Waals surface area contributed by atoms with Crippen molar-refractivity contribution in [2.75, 3.05) is 32.7 Å². The molecular formula is C18H26N2. The highest BCUT2D eigenvalue weighted by molar-refractivity contribution is 5.28. The van der Waals surface area contributed by atoms with E-state index in [4.69, 9.17) is 0 Å². The van der Waals surface area contributed by atoms with Crippen molar-refractivity contribution in [2.24, 2.45) is 11.3 Å². The van der Waals surface area contributed by atoms with Gasteiger partial charge >= 0.3 is 0 Å². The summed E-state index contributed by atoms with van der Waals surface area (Å²) >= 11 is 0. The third kappa shape index (κ3) is 1.93. The number of piperidine rings is 2. The number of nitrogens with one attached hydrogen (secondary N) is 1. The molecule has 3 aliphatic rings. The van der Waals surface area contributed by atoms with E-state index in [0.29, 0.717) is 5.41 Å². The summed E-state index contributed by atoms with van der Waals surface area (Å²) in [6.45, 7) is 8.63. The molecular weight excluding hydrogens is 244 g/mol. The average molecular weight is 270 g/mol. The summed E-state index contributed by atoms with van der Waals surface area (Å²) in [7, 11) is 0. The molecule has 3 aliphatic heterocycles. The fourth-order valence-corrected chi connectivity index (χ4v) is 5.06. The highest BCUT2D eigenvalue weighted by atomic mass is 15.2. The maximum absolute atomic E-state index is 3.66. The Kier molecular flexibility index (Phi) is 3.12. The lowest BCUT2D eigenvalue weighted by Crippen LogP contribution is -2.52. The number of aryl methyl sites for hydroxylation is 1. The lowest BCUT2D eigenvalue weighted by Gasteiger charge is -2.51. The zero-order valence-electron chi connectivity index (χ0n) is 12.6. The molecule has 4 atom stereocenters. The first-order chi connectivity index (χ1) is 9.78. The van der Waals surface area contributed by atoms with Crippen LogP contribution in [0.3, 0.4) is 0 Å². The van der Waals surface area contributed by atoms with Gasteiger partial charge in [0.25, 0.3) is 0 Å².